The minimum absolute atomic E-state index is 0.189. The molecular weight excluding hydrogens is 440 g/mol. The number of ketones is 2. The van der Waals surface area contributed by atoms with Gasteiger partial charge in [-0.1, -0.05) is 83.9 Å². The number of rotatable bonds is 7. The van der Waals surface area contributed by atoms with Crippen LogP contribution in [0.1, 0.15) is 73.4 Å². The molecule has 0 aromatic heterocycles. The molecule has 0 N–H and O–H groups in total. The van der Waals surface area contributed by atoms with Crippen LogP contribution in [0.5, 0.6) is 0 Å². The minimum Gasteiger partial charge on any atom is -0.294 e. The highest BCUT2D eigenvalue weighted by Crippen LogP contribution is 2.39. The van der Waals surface area contributed by atoms with Crippen molar-refractivity contribution in [2.45, 2.75) is 59.3 Å². The van der Waals surface area contributed by atoms with E-state index in [0.29, 0.717) is 30.6 Å². The van der Waals surface area contributed by atoms with Gasteiger partial charge in [-0.05, 0) is 86.5 Å². The summed E-state index contributed by atoms with van der Waals surface area (Å²) < 4.78 is 0. The Labute approximate surface area is 215 Å². The second-order valence-corrected chi connectivity index (χ2v) is 11.0. The molecule has 0 aliphatic heterocycles. The number of Topliss-reactive ketones (excluding diaryl/α,β-unsaturated/α-hetero) is 2. The van der Waals surface area contributed by atoms with Gasteiger partial charge in [-0.2, -0.15) is 0 Å². The Hall–Kier alpha value is -3.26. The van der Waals surface area contributed by atoms with Gasteiger partial charge in [-0.3, -0.25) is 9.59 Å². The maximum absolute atomic E-state index is 12.9. The summed E-state index contributed by atoms with van der Waals surface area (Å²) >= 11 is 0. The Morgan fingerprint density at radius 3 is 1.97 bits per heavy atom. The second-order valence-electron chi connectivity index (χ2n) is 11.0. The molecule has 3 aromatic rings. The quantitative estimate of drug-likeness (QED) is 0.260. The molecule has 2 nitrogen and oxygen atoms in total. The summed E-state index contributed by atoms with van der Waals surface area (Å²) in [6, 6.07) is 20.3. The molecule has 184 valence electrons. The van der Waals surface area contributed by atoms with Crippen LogP contribution in [-0.2, 0) is 19.3 Å². The first-order valence-corrected chi connectivity index (χ1v) is 13.4. The van der Waals surface area contributed by atoms with E-state index in [1.54, 1.807) is 0 Å². The number of benzene rings is 3. The molecule has 36 heavy (non-hydrogen) atoms. The second kappa shape index (κ2) is 10.4. The van der Waals surface area contributed by atoms with Gasteiger partial charge < -0.3 is 0 Å². The lowest BCUT2D eigenvalue weighted by Crippen LogP contribution is -2.19. The Kier molecular flexibility index (Phi) is 7.05. The van der Waals surface area contributed by atoms with E-state index in [1.807, 2.05) is 62.4 Å². The molecule has 0 spiro atoms. The standard InChI is InChI=1S/C34H36O2/c1-22-4-10-27(11-5-22)33(35)18-25-8-14-26(15-9-25)31-19-30-17-16-29(24(3)32(30)20-31)21-34(36)28-12-6-23(2)7-13-28/h4-8,10-14,16-17,25-26,31H,9,15,18-21H2,1-3H3. The van der Waals surface area contributed by atoms with E-state index in [0.717, 1.165) is 42.4 Å². The SMILES string of the molecule is Cc1ccc(C(=O)Cc2ccc3c(c2C)CC(C2C=CC(CC(=O)c4ccc(C)cc4)CC2)C3)cc1. The van der Waals surface area contributed by atoms with E-state index in [1.165, 1.54) is 27.8 Å². The maximum Gasteiger partial charge on any atom is 0.167 e. The van der Waals surface area contributed by atoms with E-state index in [2.05, 4.69) is 31.2 Å². The highest BCUT2D eigenvalue weighted by Gasteiger charge is 2.31. The van der Waals surface area contributed by atoms with Crippen LogP contribution in [0, 0.1) is 38.5 Å². The van der Waals surface area contributed by atoms with Gasteiger partial charge in [0.15, 0.2) is 11.6 Å². The van der Waals surface area contributed by atoms with Gasteiger partial charge in [0.05, 0.1) is 0 Å². The molecule has 0 saturated carbocycles. The van der Waals surface area contributed by atoms with Gasteiger partial charge in [-0.25, -0.2) is 0 Å². The topological polar surface area (TPSA) is 34.1 Å². The van der Waals surface area contributed by atoms with E-state index in [9.17, 15) is 9.59 Å². The number of aryl methyl sites for hydroxylation is 2. The molecule has 0 radical (unpaired) electrons. The van der Waals surface area contributed by atoms with Gasteiger partial charge in [0.2, 0.25) is 0 Å². The maximum atomic E-state index is 12.9. The number of carbonyl (C=O) groups excluding carboxylic acids is 2. The first kappa shape index (κ1) is 24.4. The van der Waals surface area contributed by atoms with Crippen LogP contribution in [0.25, 0.3) is 0 Å². The Bertz CT molecular complexity index is 1290. The number of hydrogen-bond donors (Lipinski definition) is 0. The predicted molar refractivity (Wildman–Crippen MR) is 147 cm³/mol. The third-order valence-corrected chi connectivity index (χ3v) is 8.41. The van der Waals surface area contributed by atoms with Crippen LogP contribution in [0.2, 0.25) is 0 Å². The Morgan fingerprint density at radius 1 is 0.722 bits per heavy atom. The van der Waals surface area contributed by atoms with Crippen molar-refractivity contribution in [1.82, 2.24) is 0 Å². The minimum atomic E-state index is 0.189. The molecule has 2 aliphatic rings. The molecule has 0 bridgehead atoms. The van der Waals surface area contributed by atoms with Gasteiger partial charge in [0.1, 0.15) is 0 Å². The lowest BCUT2D eigenvalue weighted by atomic mass is 9.78. The molecule has 0 amide bonds. The van der Waals surface area contributed by atoms with E-state index >= 15 is 0 Å². The molecule has 2 aliphatic carbocycles. The summed E-state index contributed by atoms with van der Waals surface area (Å²) in [5, 5.41) is 0. The molecule has 3 atom stereocenters. The number of carbonyl (C=O) groups is 2. The summed E-state index contributed by atoms with van der Waals surface area (Å²) in [5.74, 6) is 1.97. The fraction of sp³-hybridized carbons (Fsp3) is 0.353. The smallest absolute Gasteiger partial charge is 0.167 e. The predicted octanol–water partition coefficient (Wildman–Crippen LogP) is 7.61. The van der Waals surface area contributed by atoms with Crippen molar-refractivity contribution in [3.05, 3.63) is 117 Å². The van der Waals surface area contributed by atoms with Crippen LogP contribution < -0.4 is 0 Å². The van der Waals surface area contributed by atoms with Gasteiger partial charge >= 0.3 is 0 Å². The van der Waals surface area contributed by atoms with Gasteiger partial charge in [0, 0.05) is 24.0 Å². The van der Waals surface area contributed by atoms with Crippen molar-refractivity contribution in [1.29, 1.82) is 0 Å². The van der Waals surface area contributed by atoms with Crippen molar-refractivity contribution in [2.75, 3.05) is 0 Å². The highest BCUT2D eigenvalue weighted by molar-refractivity contribution is 5.98. The zero-order valence-corrected chi connectivity index (χ0v) is 21.7. The van der Waals surface area contributed by atoms with Gasteiger partial charge in [0.25, 0.3) is 0 Å². The monoisotopic (exact) mass is 476 g/mol. The fourth-order valence-corrected chi connectivity index (χ4v) is 6.02. The number of allylic oxidation sites excluding steroid dienone is 2. The molecule has 2 heteroatoms. The largest absolute Gasteiger partial charge is 0.294 e. The van der Waals surface area contributed by atoms with E-state index < -0.39 is 0 Å². The van der Waals surface area contributed by atoms with Crippen molar-refractivity contribution < 1.29 is 9.59 Å². The van der Waals surface area contributed by atoms with Crippen LogP contribution in [0.3, 0.4) is 0 Å². The fourth-order valence-electron chi connectivity index (χ4n) is 6.02. The number of hydrogen-bond acceptors (Lipinski definition) is 2. The molecule has 3 unspecified atom stereocenters. The first-order valence-electron chi connectivity index (χ1n) is 13.4. The van der Waals surface area contributed by atoms with Crippen molar-refractivity contribution in [2.24, 2.45) is 17.8 Å². The van der Waals surface area contributed by atoms with Crippen molar-refractivity contribution in [3.63, 3.8) is 0 Å². The zero-order chi connectivity index (χ0) is 25.2. The molecule has 5 rings (SSSR count). The number of fused-ring (bicyclic) bond motifs is 1. The van der Waals surface area contributed by atoms with Crippen molar-refractivity contribution in [3.8, 4) is 0 Å². The molecule has 0 heterocycles. The van der Waals surface area contributed by atoms with Crippen LogP contribution in [0.4, 0.5) is 0 Å². The summed E-state index contributed by atoms with van der Waals surface area (Å²) in [6.07, 6.45) is 10.2. The molecule has 3 aromatic carbocycles. The normalized spacial score (nSPS) is 20.8. The summed E-state index contributed by atoms with van der Waals surface area (Å²) in [5.41, 5.74) is 9.35. The molecule has 0 saturated heterocycles. The first-order chi connectivity index (χ1) is 17.4. The van der Waals surface area contributed by atoms with Crippen LogP contribution in [-0.4, -0.2) is 11.6 Å². The average Bonchev–Trinajstić information content (AvgIpc) is 3.32. The van der Waals surface area contributed by atoms with Crippen LogP contribution >= 0.6 is 0 Å². The summed E-state index contributed by atoms with van der Waals surface area (Å²) in [6.45, 7) is 6.29. The van der Waals surface area contributed by atoms with Crippen molar-refractivity contribution >= 4 is 11.6 Å². The average molecular weight is 477 g/mol. The lowest BCUT2D eigenvalue weighted by molar-refractivity contribution is 0.0962. The Morgan fingerprint density at radius 2 is 1.36 bits per heavy atom. The third kappa shape index (κ3) is 5.28. The molecular formula is C34H36O2. The van der Waals surface area contributed by atoms with Crippen LogP contribution in [0.15, 0.2) is 72.8 Å². The zero-order valence-electron chi connectivity index (χ0n) is 21.7. The highest BCUT2D eigenvalue weighted by atomic mass is 16.1. The summed E-state index contributed by atoms with van der Waals surface area (Å²) in [4.78, 5) is 25.6. The lowest BCUT2D eigenvalue weighted by Gasteiger charge is -2.27. The third-order valence-electron chi connectivity index (χ3n) is 8.41. The van der Waals surface area contributed by atoms with Gasteiger partial charge in [-0.15, -0.1) is 0 Å². The molecule has 0 fully saturated rings. The van der Waals surface area contributed by atoms with E-state index in [-0.39, 0.29) is 11.6 Å². The van der Waals surface area contributed by atoms with E-state index in [4.69, 9.17) is 0 Å². The Balaban J connectivity index is 1.20. The summed E-state index contributed by atoms with van der Waals surface area (Å²) in [7, 11) is 0.